The lowest BCUT2D eigenvalue weighted by molar-refractivity contribution is -0.597. The van der Waals surface area contributed by atoms with Crippen LogP contribution in [0.4, 0.5) is 0 Å². The lowest BCUT2D eigenvalue weighted by Gasteiger charge is -2.28. The molecule has 0 amide bonds. The van der Waals surface area contributed by atoms with Crippen molar-refractivity contribution < 1.29 is 40.3 Å². The van der Waals surface area contributed by atoms with Crippen molar-refractivity contribution in [2.24, 2.45) is 0 Å². The molecule has 0 saturated heterocycles. The van der Waals surface area contributed by atoms with Gasteiger partial charge < -0.3 is 19.1 Å². The summed E-state index contributed by atoms with van der Waals surface area (Å²) >= 11 is -0.137. The molecule has 0 aliphatic rings. The van der Waals surface area contributed by atoms with Crippen molar-refractivity contribution in [1.29, 1.82) is 0 Å². The van der Waals surface area contributed by atoms with Crippen molar-refractivity contribution in [3.63, 3.8) is 0 Å². The lowest BCUT2D eigenvalue weighted by atomic mass is 10.1. The fraction of sp³-hybridized carbons (Fsp3) is 0.681. The van der Waals surface area contributed by atoms with E-state index in [0.29, 0.717) is 25.3 Å². The molecule has 0 N–H and O–H groups in total. The maximum Gasteiger partial charge on any atom is 0.357 e. The standard InChI is InChI=1S/C47H76IO4Si/c1-4-7-10-18-26-33-45(49)53(46(50)34-27-19-11-8-5-2,47(51)35-28-20-12-9-6-3)41-30-22-17-15-13-14-16-21-29-40-52-44-38-36-43(37-39-44)48-42-31-24-23-25-32-42/h23-25,31-32,36-39H,4-22,26-30,33-35,40-41H2,1-3H3/q+1. The maximum atomic E-state index is 14.1. The molecule has 0 saturated carbocycles. The van der Waals surface area contributed by atoms with Crippen LogP contribution in [-0.4, -0.2) is 30.9 Å². The number of ether oxygens (including phenoxy) is 1. The van der Waals surface area contributed by atoms with Crippen LogP contribution in [0, 0.1) is 7.14 Å². The molecule has 0 atom stereocenters. The first kappa shape index (κ1) is 47.3. The Labute approximate surface area is 337 Å². The summed E-state index contributed by atoms with van der Waals surface area (Å²) in [6, 6.07) is 20.0. The number of halogens is 1. The molecular weight excluding hydrogens is 784 g/mol. The van der Waals surface area contributed by atoms with Crippen molar-refractivity contribution >= 4 is 24.3 Å². The fourth-order valence-corrected chi connectivity index (χ4v) is 13.9. The second kappa shape index (κ2) is 31.4. The maximum absolute atomic E-state index is 14.1. The number of carbonyl (C=O) groups is 3. The van der Waals surface area contributed by atoms with Crippen molar-refractivity contribution in [3.8, 4) is 5.75 Å². The molecule has 0 radical (unpaired) electrons. The third-order valence-corrected chi connectivity index (χ3v) is 18.1. The molecule has 0 aliphatic carbocycles. The first-order chi connectivity index (χ1) is 26.0. The molecule has 0 unspecified atom stereocenters. The van der Waals surface area contributed by atoms with Gasteiger partial charge in [-0.3, -0.25) is 0 Å². The molecule has 0 bridgehead atoms. The molecule has 0 spiro atoms. The van der Waals surface area contributed by atoms with Crippen molar-refractivity contribution in [2.45, 2.75) is 200 Å². The van der Waals surface area contributed by atoms with E-state index in [1.165, 1.54) is 77.8 Å². The Kier molecular flexibility index (Phi) is 28.1. The van der Waals surface area contributed by atoms with Crippen LogP contribution < -0.4 is 25.9 Å². The first-order valence-corrected chi connectivity index (χ1v) is 26.4. The Morgan fingerprint density at radius 1 is 0.453 bits per heavy atom. The third-order valence-electron chi connectivity index (χ3n) is 10.7. The topological polar surface area (TPSA) is 60.4 Å². The van der Waals surface area contributed by atoms with Gasteiger partial charge in [0.25, 0.3) is 8.07 Å². The highest BCUT2D eigenvalue weighted by Crippen LogP contribution is 2.27. The van der Waals surface area contributed by atoms with E-state index in [4.69, 9.17) is 4.74 Å². The van der Waals surface area contributed by atoms with Gasteiger partial charge in [0.1, 0.15) is 22.0 Å². The van der Waals surface area contributed by atoms with Crippen LogP contribution in [0.5, 0.6) is 5.75 Å². The Morgan fingerprint density at radius 2 is 0.830 bits per heavy atom. The van der Waals surface area contributed by atoms with Crippen LogP contribution in [0.1, 0.15) is 194 Å². The SMILES string of the molecule is CCCCCCCC(=O)[Si](CCCCCCCCCCCOc1ccc([I+]c2ccccc2)cc1)(C(=O)CCCCCCC)C(=O)CCCCCCC. The number of hydrogen-bond acceptors (Lipinski definition) is 4. The van der Waals surface area contributed by atoms with Crippen LogP contribution in [-0.2, 0) is 14.4 Å². The van der Waals surface area contributed by atoms with Crippen LogP contribution in [0.25, 0.3) is 0 Å². The van der Waals surface area contributed by atoms with E-state index in [9.17, 15) is 14.4 Å². The monoisotopic (exact) mass is 859 g/mol. The highest BCUT2D eigenvalue weighted by molar-refractivity contribution is 7.40. The zero-order valence-corrected chi connectivity index (χ0v) is 37.4. The number of carbonyl (C=O) groups excluding carboxylic acids is 3. The normalized spacial score (nSPS) is 11.5. The van der Waals surface area contributed by atoms with Crippen LogP contribution in [0.2, 0.25) is 6.04 Å². The van der Waals surface area contributed by atoms with E-state index < -0.39 is 8.07 Å². The van der Waals surface area contributed by atoms with Gasteiger partial charge in [-0.15, -0.1) is 0 Å². The van der Waals surface area contributed by atoms with Crippen molar-refractivity contribution in [1.82, 2.24) is 0 Å². The summed E-state index contributed by atoms with van der Waals surface area (Å²) in [6.07, 6.45) is 27.5. The minimum atomic E-state index is -3.38. The smallest absolute Gasteiger partial charge is 0.357 e. The van der Waals surface area contributed by atoms with Gasteiger partial charge in [0.2, 0.25) is 0 Å². The lowest BCUT2D eigenvalue weighted by Crippen LogP contribution is -3.61. The number of benzene rings is 2. The van der Waals surface area contributed by atoms with Gasteiger partial charge in [0, 0.05) is 19.3 Å². The predicted octanol–water partition coefficient (Wildman–Crippen LogP) is 10.6. The minimum Gasteiger partial charge on any atom is -0.494 e. The van der Waals surface area contributed by atoms with Crippen molar-refractivity contribution in [2.75, 3.05) is 6.61 Å². The molecule has 298 valence electrons. The number of hydrogen-bond donors (Lipinski definition) is 0. The third kappa shape index (κ3) is 20.6. The molecule has 2 rings (SSSR count). The van der Waals surface area contributed by atoms with E-state index in [-0.39, 0.29) is 37.4 Å². The largest absolute Gasteiger partial charge is 0.494 e. The Bertz CT molecular complexity index is 1150. The van der Waals surface area contributed by atoms with Crippen molar-refractivity contribution in [3.05, 3.63) is 61.7 Å². The predicted molar refractivity (Wildman–Crippen MR) is 223 cm³/mol. The molecule has 0 aromatic heterocycles. The Hall–Kier alpha value is -1.80. The van der Waals surface area contributed by atoms with Gasteiger partial charge in [-0.2, -0.15) is 0 Å². The van der Waals surface area contributed by atoms with Gasteiger partial charge >= 0.3 is 21.2 Å². The highest BCUT2D eigenvalue weighted by atomic mass is 127. The zero-order chi connectivity index (χ0) is 38.2. The van der Waals surface area contributed by atoms with E-state index in [0.717, 1.165) is 95.8 Å². The molecule has 0 aliphatic heterocycles. The van der Waals surface area contributed by atoms with Gasteiger partial charge in [-0.05, 0) is 68.1 Å². The van der Waals surface area contributed by atoms with Crippen LogP contribution >= 0.6 is 0 Å². The van der Waals surface area contributed by atoms with Gasteiger partial charge in [-0.25, -0.2) is 0 Å². The summed E-state index contributed by atoms with van der Waals surface area (Å²) in [7, 11) is -3.38. The summed E-state index contributed by atoms with van der Waals surface area (Å²) in [5, 5.41) is 0.240. The summed E-state index contributed by atoms with van der Waals surface area (Å²) in [5.74, 6) is 0.967. The molecule has 2 aromatic rings. The van der Waals surface area contributed by atoms with Gasteiger partial charge in [0.15, 0.2) is 7.14 Å². The van der Waals surface area contributed by atoms with Crippen LogP contribution in [0.15, 0.2) is 54.6 Å². The Morgan fingerprint density at radius 3 is 1.28 bits per heavy atom. The second-order valence-electron chi connectivity index (χ2n) is 15.3. The summed E-state index contributed by atoms with van der Waals surface area (Å²) in [5.41, 5.74) is 0. The number of rotatable bonds is 36. The first-order valence-electron chi connectivity index (χ1n) is 22.0. The van der Waals surface area contributed by atoms with Gasteiger partial charge in [-0.1, -0.05) is 167 Å². The van der Waals surface area contributed by atoms with Gasteiger partial charge in [0.05, 0.1) is 6.61 Å². The summed E-state index contributed by atoms with van der Waals surface area (Å²) in [6.45, 7) is 7.37. The second-order valence-corrected chi connectivity index (χ2v) is 22.3. The molecule has 6 heteroatoms. The van der Waals surface area contributed by atoms with E-state index in [1.807, 2.05) is 0 Å². The van der Waals surface area contributed by atoms with E-state index in [2.05, 4.69) is 75.4 Å². The molecule has 4 nitrogen and oxygen atoms in total. The molecule has 0 heterocycles. The average Bonchev–Trinajstić information content (AvgIpc) is 3.17. The summed E-state index contributed by atoms with van der Waals surface area (Å²) < 4.78 is 8.86. The molecule has 0 fully saturated rings. The Balaban J connectivity index is 1.78. The quantitative estimate of drug-likeness (QED) is 0.0389. The van der Waals surface area contributed by atoms with E-state index >= 15 is 0 Å². The molecule has 2 aromatic carbocycles. The zero-order valence-electron chi connectivity index (χ0n) is 34.2. The van der Waals surface area contributed by atoms with Crippen LogP contribution in [0.3, 0.4) is 0 Å². The number of unbranched alkanes of at least 4 members (excludes halogenated alkanes) is 20. The summed E-state index contributed by atoms with van der Waals surface area (Å²) in [4.78, 5) is 42.4. The highest BCUT2D eigenvalue weighted by Gasteiger charge is 2.52. The average molecular weight is 860 g/mol. The molecule has 53 heavy (non-hydrogen) atoms. The minimum absolute atomic E-state index is 0.0801. The fourth-order valence-electron chi connectivity index (χ4n) is 7.31. The van der Waals surface area contributed by atoms with E-state index in [1.54, 1.807) is 0 Å². The molecular formula is C47H76IO4Si+.